The van der Waals surface area contributed by atoms with Gasteiger partial charge in [0, 0.05) is 32.7 Å². The number of hydrogen-bond donors (Lipinski definition) is 1. The Labute approximate surface area is 193 Å². The van der Waals surface area contributed by atoms with E-state index in [-0.39, 0.29) is 41.0 Å². The number of rotatable bonds is 4. The molecule has 1 aromatic heterocycles. The minimum Gasteiger partial charge on any atom is -0.507 e. The first-order valence-electron chi connectivity index (χ1n) is 10.8. The van der Waals surface area contributed by atoms with Crippen LogP contribution in [0.2, 0.25) is 0 Å². The Kier molecular flexibility index (Phi) is 6.52. The van der Waals surface area contributed by atoms with Crippen LogP contribution < -0.4 is 5.43 Å². The lowest BCUT2D eigenvalue weighted by atomic mass is 10.00. The molecule has 4 rings (SSSR count). The fourth-order valence-corrected chi connectivity index (χ4v) is 4.05. The van der Waals surface area contributed by atoms with Crippen LogP contribution in [0.4, 0.5) is 18.0 Å². The van der Waals surface area contributed by atoms with Crippen LogP contribution in [0.1, 0.15) is 18.2 Å². The molecular formula is C24H23F3N2O5. The highest BCUT2D eigenvalue weighted by Gasteiger charge is 2.40. The number of halogens is 3. The van der Waals surface area contributed by atoms with Gasteiger partial charge in [0.25, 0.3) is 0 Å². The van der Waals surface area contributed by atoms with Crippen LogP contribution in [0.5, 0.6) is 5.75 Å². The number of phenols is 1. The number of hydrogen-bond acceptors (Lipinski definition) is 6. The summed E-state index contributed by atoms with van der Waals surface area (Å²) in [5.74, 6) is -1.68. The van der Waals surface area contributed by atoms with Crippen LogP contribution in [-0.4, -0.2) is 53.8 Å². The van der Waals surface area contributed by atoms with Crippen molar-refractivity contribution >= 4 is 17.1 Å². The largest absolute Gasteiger partial charge is 0.507 e. The molecule has 1 aliphatic heterocycles. The summed E-state index contributed by atoms with van der Waals surface area (Å²) in [4.78, 5) is 28.5. The third-order valence-corrected chi connectivity index (χ3v) is 5.74. The number of carbonyl (C=O) groups excluding carboxylic acids is 1. The first-order valence-corrected chi connectivity index (χ1v) is 10.8. The maximum absolute atomic E-state index is 14.0. The molecule has 0 unspecified atom stereocenters. The van der Waals surface area contributed by atoms with Crippen molar-refractivity contribution in [2.24, 2.45) is 0 Å². The summed E-state index contributed by atoms with van der Waals surface area (Å²) in [7, 11) is 0. The average molecular weight is 476 g/mol. The molecule has 0 radical (unpaired) electrons. The second-order valence-electron chi connectivity index (χ2n) is 7.90. The summed E-state index contributed by atoms with van der Waals surface area (Å²) in [6.07, 6.45) is -5.35. The first-order chi connectivity index (χ1) is 16.2. The first kappa shape index (κ1) is 23.6. The Morgan fingerprint density at radius 1 is 1.09 bits per heavy atom. The number of carbonyl (C=O) groups is 1. The molecule has 1 saturated heterocycles. The number of ether oxygens (including phenoxy) is 1. The van der Waals surface area contributed by atoms with Gasteiger partial charge in [-0.2, -0.15) is 13.2 Å². The number of benzene rings is 2. The Hall–Kier alpha value is -3.53. The number of amides is 1. The van der Waals surface area contributed by atoms with Gasteiger partial charge >= 0.3 is 12.3 Å². The van der Waals surface area contributed by atoms with Crippen LogP contribution in [0.25, 0.3) is 22.1 Å². The van der Waals surface area contributed by atoms with Crippen molar-refractivity contribution in [3.8, 4) is 16.9 Å². The van der Waals surface area contributed by atoms with Gasteiger partial charge < -0.3 is 19.2 Å². The molecule has 2 heterocycles. The molecule has 0 spiro atoms. The lowest BCUT2D eigenvalue weighted by molar-refractivity contribution is -0.152. The van der Waals surface area contributed by atoms with E-state index in [1.54, 1.807) is 13.0 Å². The van der Waals surface area contributed by atoms with Gasteiger partial charge in [-0.15, -0.1) is 0 Å². The van der Waals surface area contributed by atoms with Crippen molar-refractivity contribution in [1.82, 2.24) is 9.80 Å². The van der Waals surface area contributed by atoms with Crippen LogP contribution in [0.3, 0.4) is 0 Å². The summed E-state index contributed by atoms with van der Waals surface area (Å²) < 4.78 is 52.2. The van der Waals surface area contributed by atoms with E-state index in [1.807, 2.05) is 4.90 Å². The molecule has 180 valence electrons. The molecular weight excluding hydrogens is 453 g/mol. The molecule has 1 fully saturated rings. The summed E-state index contributed by atoms with van der Waals surface area (Å²) in [5, 5.41) is 10.4. The molecule has 7 nitrogen and oxygen atoms in total. The second-order valence-corrected chi connectivity index (χ2v) is 7.90. The highest BCUT2D eigenvalue weighted by atomic mass is 19.4. The fraction of sp³-hybridized carbons (Fsp3) is 0.333. The van der Waals surface area contributed by atoms with Gasteiger partial charge in [0.05, 0.1) is 23.1 Å². The number of piperazine rings is 1. The van der Waals surface area contributed by atoms with Gasteiger partial charge in [-0.25, -0.2) is 4.79 Å². The van der Waals surface area contributed by atoms with Gasteiger partial charge in [0.2, 0.25) is 11.2 Å². The predicted octanol–water partition coefficient (Wildman–Crippen LogP) is 4.46. The Bertz CT molecular complexity index is 1250. The molecule has 34 heavy (non-hydrogen) atoms. The molecule has 10 heteroatoms. The molecule has 0 aliphatic carbocycles. The number of phenolic OH excluding ortho intramolecular Hbond substituents is 1. The maximum atomic E-state index is 14.0. The zero-order valence-electron chi connectivity index (χ0n) is 18.4. The second kappa shape index (κ2) is 9.38. The lowest BCUT2D eigenvalue weighted by Crippen LogP contribution is -2.48. The SMILES string of the molecule is CCOC(=O)N1CCN(Cc2c(O)ccc3c(=O)c(-c4ccccc4)c(C(F)(F)F)oc23)CC1. The van der Waals surface area contributed by atoms with Crippen LogP contribution in [-0.2, 0) is 17.5 Å². The van der Waals surface area contributed by atoms with Crippen molar-refractivity contribution in [3.05, 3.63) is 64.0 Å². The highest BCUT2D eigenvalue weighted by Crippen LogP contribution is 2.39. The van der Waals surface area contributed by atoms with E-state index < -0.39 is 29.0 Å². The lowest BCUT2D eigenvalue weighted by Gasteiger charge is -2.34. The number of nitrogens with zero attached hydrogens (tertiary/aromatic N) is 2. The van der Waals surface area contributed by atoms with E-state index in [9.17, 15) is 27.9 Å². The van der Waals surface area contributed by atoms with Crippen molar-refractivity contribution in [1.29, 1.82) is 0 Å². The standard InChI is InChI=1S/C24H23F3N2O5/c1-2-33-23(32)29-12-10-28(11-13-29)14-17-18(30)9-8-16-20(31)19(15-6-4-3-5-7-15)22(24(25,26)27)34-21(16)17/h3-9,30H,2,10-14H2,1H3. The van der Waals surface area contributed by atoms with Gasteiger partial charge in [-0.1, -0.05) is 30.3 Å². The van der Waals surface area contributed by atoms with Gasteiger partial charge in [0.1, 0.15) is 11.3 Å². The zero-order valence-corrected chi connectivity index (χ0v) is 18.4. The topological polar surface area (TPSA) is 83.2 Å². The molecule has 2 aromatic carbocycles. The highest BCUT2D eigenvalue weighted by molar-refractivity contribution is 5.86. The molecule has 1 amide bonds. The Morgan fingerprint density at radius 2 is 1.76 bits per heavy atom. The fourth-order valence-electron chi connectivity index (χ4n) is 4.05. The molecule has 0 atom stereocenters. The number of aromatic hydroxyl groups is 1. The Balaban J connectivity index is 1.75. The molecule has 1 aliphatic rings. The maximum Gasteiger partial charge on any atom is 0.450 e. The van der Waals surface area contributed by atoms with Crippen molar-refractivity contribution in [3.63, 3.8) is 0 Å². The van der Waals surface area contributed by atoms with Gasteiger partial charge in [-0.05, 0) is 24.6 Å². The van der Waals surface area contributed by atoms with Crippen LogP contribution in [0, 0.1) is 0 Å². The summed E-state index contributed by atoms with van der Waals surface area (Å²) >= 11 is 0. The van der Waals surface area contributed by atoms with Crippen molar-refractivity contribution in [2.75, 3.05) is 32.8 Å². The molecule has 3 aromatic rings. The number of alkyl halides is 3. The number of fused-ring (bicyclic) bond motifs is 1. The minimum absolute atomic E-state index is 0.0464. The summed E-state index contributed by atoms with van der Waals surface area (Å²) in [5.41, 5.74) is -1.52. The van der Waals surface area contributed by atoms with Crippen LogP contribution >= 0.6 is 0 Å². The zero-order chi connectivity index (χ0) is 24.5. The van der Waals surface area contributed by atoms with E-state index >= 15 is 0 Å². The molecule has 1 N–H and O–H groups in total. The van der Waals surface area contributed by atoms with E-state index in [0.29, 0.717) is 26.2 Å². The third kappa shape index (κ3) is 4.58. The Morgan fingerprint density at radius 3 is 2.38 bits per heavy atom. The predicted molar refractivity (Wildman–Crippen MR) is 118 cm³/mol. The van der Waals surface area contributed by atoms with Gasteiger partial charge in [0.15, 0.2) is 0 Å². The van der Waals surface area contributed by atoms with Crippen LogP contribution in [0.15, 0.2) is 51.7 Å². The smallest absolute Gasteiger partial charge is 0.450 e. The van der Waals surface area contributed by atoms with Crippen molar-refractivity contribution in [2.45, 2.75) is 19.6 Å². The molecule has 0 bridgehead atoms. The van der Waals surface area contributed by atoms with E-state index in [1.165, 1.54) is 41.3 Å². The monoisotopic (exact) mass is 476 g/mol. The normalized spacial score (nSPS) is 15.0. The van der Waals surface area contributed by atoms with Gasteiger partial charge in [-0.3, -0.25) is 9.69 Å². The quantitative estimate of drug-likeness (QED) is 0.599. The summed E-state index contributed by atoms with van der Waals surface area (Å²) in [6, 6.07) is 10.1. The minimum atomic E-state index is -4.92. The van der Waals surface area contributed by atoms with E-state index in [4.69, 9.17) is 9.15 Å². The van der Waals surface area contributed by atoms with Crippen molar-refractivity contribution < 1.29 is 32.2 Å². The summed E-state index contributed by atoms with van der Waals surface area (Å²) in [6.45, 7) is 3.56. The van der Waals surface area contributed by atoms with E-state index in [0.717, 1.165) is 0 Å². The molecule has 0 saturated carbocycles. The average Bonchev–Trinajstić information content (AvgIpc) is 2.81. The third-order valence-electron chi connectivity index (χ3n) is 5.74. The van der Waals surface area contributed by atoms with E-state index in [2.05, 4.69) is 0 Å².